The molecule has 0 aromatic heterocycles. The highest BCUT2D eigenvalue weighted by Crippen LogP contribution is 2.74. The Kier molecular flexibility index (Phi) is 1.67. The minimum Gasteiger partial charge on any atom is -0.323 e. The molecule has 0 N–H and O–H groups in total. The van der Waals surface area contributed by atoms with Crippen LogP contribution in [0.5, 0.6) is 0 Å². The average Bonchev–Trinajstić information content (AvgIpc) is 3.10. The molecule has 104 valence electrons. The summed E-state index contributed by atoms with van der Waals surface area (Å²) in [6.45, 7) is 2.21. The molecule has 5 heterocycles. The van der Waals surface area contributed by atoms with Crippen LogP contribution in [0, 0.1) is 29.6 Å². The Hall–Kier alpha value is -0.200. The Morgan fingerprint density at radius 1 is 0.789 bits per heavy atom. The van der Waals surface area contributed by atoms with E-state index in [1.54, 1.807) is 0 Å². The van der Waals surface area contributed by atoms with Crippen LogP contribution in [0.25, 0.3) is 0 Å². The van der Waals surface area contributed by atoms with E-state index < -0.39 is 5.79 Å². The van der Waals surface area contributed by atoms with Gasteiger partial charge in [-0.2, -0.15) is 0 Å². The van der Waals surface area contributed by atoms with Crippen molar-refractivity contribution in [3.63, 3.8) is 0 Å². The van der Waals surface area contributed by atoms with Gasteiger partial charge in [0.05, 0.1) is 0 Å². The monoisotopic (exact) mass is 266 g/mol. The number of ether oxygens (including phenoxy) is 5. The van der Waals surface area contributed by atoms with Crippen molar-refractivity contribution >= 4 is 0 Å². The van der Waals surface area contributed by atoms with E-state index in [9.17, 15) is 0 Å². The van der Waals surface area contributed by atoms with Crippen molar-refractivity contribution in [2.24, 2.45) is 29.6 Å². The Balaban J connectivity index is 1.48. The molecule has 8 atom stereocenters. The lowest BCUT2D eigenvalue weighted by Crippen LogP contribution is -2.38. The molecular formula is C14H18O5. The Morgan fingerprint density at radius 2 is 1.37 bits per heavy atom. The molecule has 1 aliphatic carbocycles. The van der Waals surface area contributed by atoms with Gasteiger partial charge in [0.25, 0.3) is 0 Å². The zero-order valence-corrected chi connectivity index (χ0v) is 10.9. The predicted molar refractivity (Wildman–Crippen MR) is 60.3 cm³/mol. The molecule has 5 nitrogen and oxygen atoms in total. The first-order valence-electron chi connectivity index (χ1n) is 7.64. The smallest absolute Gasteiger partial charge is 0.178 e. The summed E-state index contributed by atoms with van der Waals surface area (Å²) in [5.41, 5.74) is 0. The van der Waals surface area contributed by atoms with Crippen LogP contribution in [0.1, 0.15) is 26.2 Å². The van der Waals surface area contributed by atoms with Crippen LogP contribution in [-0.4, -0.2) is 30.9 Å². The van der Waals surface area contributed by atoms with Crippen LogP contribution < -0.4 is 0 Å². The summed E-state index contributed by atoms with van der Waals surface area (Å²) in [4.78, 5) is 0. The highest BCUT2D eigenvalue weighted by molar-refractivity contribution is 5.18. The van der Waals surface area contributed by atoms with Crippen LogP contribution in [0.4, 0.5) is 0 Å². The summed E-state index contributed by atoms with van der Waals surface area (Å²) in [6, 6.07) is 0. The molecule has 0 spiro atoms. The van der Waals surface area contributed by atoms with Gasteiger partial charge in [-0.3, -0.25) is 0 Å². The van der Waals surface area contributed by atoms with Crippen LogP contribution in [0.15, 0.2) is 0 Å². The molecule has 1 saturated carbocycles. The SMILES string of the molecule is CCCCC12OC3OC4OC5OC(O1)C1C5C4C3C12. The van der Waals surface area contributed by atoms with Crippen LogP contribution in [0.2, 0.25) is 0 Å². The van der Waals surface area contributed by atoms with Gasteiger partial charge in [-0.25, -0.2) is 0 Å². The molecule has 0 amide bonds. The lowest BCUT2D eigenvalue weighted by molar-refractivity contribution is -0.356. The first-order chi connectivity index (χ1) is 9.32. The van der Waals surface area contributed by atoms with Gasteiger partial charge in [-0.05, 0) is 6.42 Å². The van der Waals surface area contributed by atoms with E-state index in [1.807, 2.05) is 0 Å². The first-order valence-corrected chi connectivity index (χ1v) is 7.64. The van der Waals surface area contributed by atoms with E-state index in [4.69, 9.17) is 23.7 Å². The molecule has 19 heavy (non-hydrogen) atoms. The fourth-order valence-corrected chi connectivity index (χ4v) is 5.77. The number of hydrogen-bond donors (Lipinski definition) is 0. The van der Waals surface area contributed by atoms with Crippen molar-refractivity contribution < 1.29 is 23.7 Å². The fourth-order valence-electron chi connectivity index (χ4n) is 5.77. The minimum absolute atomic E-state index is 0.0966. The van der Waals surface area contributed by atoms with Gasteiger partial charge in [0.15, 0.2) is 30.9 Å². The average molecular weight is 266 g/mol. The third-order valence-corrected chi connectivity index (χ3v) is 6.24. The molecule has 5 heteroatoms. The molecular weight excluding hydrogens is 248 g/mol. The van der Waals surface area contributed by atoms with Gasteiger partial charge in [0, 0.05) is 36.0 Å². The highest BCUT2D eigenvalue weighted by Gasteiger charge is 2.83. The molecule has 6 aliphatic rings. The summed E-state index contributed by atoms with van der Waals surface area (Å²) in [5, 5.41) is 0. The Morgan fingerprint density at radius 3 is 1.95 bits per heavy atom. The maximum atomic E-state index is 6.24. The van der Waals surface area contributed by atoms with E-state index in [1.165, 1.54) is 0 Å². The van der Waals surface area contributed by atoms with Gasteiger partial charge in [0.1, 0.15) is 0 Å². The summed E-state index contributed by atoms with van der Waals surface area (Å²) >= 11 is 0. The van der Waals surface area contributed by atoms with Crippen molar-refractivity contribution in [3.8, 4) is 0 Å². The lowest BCUT2D eigenvalue weighted by atomic mass is 9.83. The van der Waals surface area contributed by atoms with E-state index in [0.29, 0.717) is 29.6 Å². The van der Waals surface area contributed by atoms with Crippen LogP contribution in [-0.2, 0) is 23.7 Å². The quantitative estimate of drug-likeness (QED) is 0.773. The maximum Gasteiger partial charge on any atom is 0.178 e. The first kappa shape index (κ1) is 10.5. The fraction of sp³-hybridized carbons (Fsp3) is 1.00. The highest BCUT2D eigenvalue weighted by atomic mass is 16.9. The normalized spacial score (nSPS) is 69.6. The Bertz CT molecular complexity index is 421. The summed E-state index contributed by atoms with van der Waals surface area (Å²) < 4.78 is 30.3. The van der Waals surface area contributed by atoms with Crippen molar-refractivity contribution in [2.75, 3.05) is 0 Å². The molecule has 6 fully saturated rings. The standard InChI is InChI=1S/C14H18O5/c1-2-3-4-14-9-7-5-6-8(9)13(19-14)17-11(6)15-10(5)16-12(7)18-14/h5-13H,2-4H2,1H3. The maximum absolute atomic E-state index is 6.24. The Labute approximate surface area is 111 Å². The van der Waals surface area contributed by atoms with Crippen LogP contribution >= 0.6 is 0 Å². The third-order valence-electron chi connectivity index (χ3n) is 6.24. The minimum atomic E-state index is -0.430. The second-order valence-electron chi connectivity index (χ2n) is 6.87. The van der Waals surface area contributed by atoms with E-state index in [-0.39, 0.29) is 25.2 Å². The summed E-state index contributed by atoms with van der Waals surface area (Å²) in [7, 11) is 0. The topological polar surface area (TPSA) is 46.2 Å². The lowest BCUT2D eigenvalue weighted by Gasteiger charge is -2.31. The predicted octanol–water partition coefficient (Wildman–Crippen LogP) is 1.42. The molecule has 5 aliphatic heterocycles. The summed E-state index contributed by atoms with van der Waals surface area (Å²) in [6.07, 6.45) is 2.86. The van der Waals surface area contributed by atoms with E-state index in [2.05, 4.69) is 6.92 Å². The third kappa shape index (κ3) is 0.939. The second kappa shape index (κ2) is 3.02. The zero-order chi connectivity index (χ0) is 12.4. The number of unbranched alkanes of at least 4 members (excludes halogenated alkanes) is 1. The molecule has 6 rings (SSSR count). The van der Waals surface area contributed by atoms with Gasteiger partial charge < -0.3 is 23.7 Å². The van der Waals surface area contributed by atoms with E-state index in [0.717, 1.165) is 19.3 Å². The largest absolute Gasteiger partial charge is 0.323 e. The van der Waals surface area contributed by atoms with E-state index >= 15 is 0 Å². The zero-order valence-electron chi connectivity index (χ0n) is 10.9. The van der Waals surface area contributed by atoms with Gasteiger partial charge in [0.2, 0.25) is 0 Å². The van der Waals surface area contributed by atoms with Gasteiger partial charge in [-0.15, -0.1) is 0 Å². The molecule has 0 bridgehead atoms. The second-order valence-corrected chi connectivity index (χ2v) is 6.87. The van der Waals surface area contributed by atoms with Crippen molar-refractivity contribution in [3.05, 3.63) is 0 Å². The summed E-state index contributed by atoms with van der Waals surface area (Å²) in [5.74, 6) is 1.92. The van der Waals surface area contributed by atoms with Crippen molar-refractivity contribution in [1.82, 2.24) is 0 Å². The molecule has 0 aromatic rings. The molecule has 0 aromatic carbocycles. The van der Waals surface area contributed by atoms with Crippen molar-refractivity contribution in [2.45, 2.75) is 57.1 Å². The molecule has 8 unspecified atom stereocenters. The molecule has 5 saturated heterocycles. The molecule has 0 radical (unpaired) electrons. The number of hydrogen-bond acceptors (Lipinski definition) is 5. The van der Waals surface area contributed by atoms with Gasteiger partial charge in [-0.1, -0.05) is 13.3 Å². The van der Waals surface area contributed by atoms with Crippen molar-refractivity contribution in [1.29, 1.82) is 0 Å². The van der Waals surface area contributed by atoms with Crippen LogP contribution in [0.3, 0.4) is 0 Å². The number of rotatable bonds is 3. The van der Waals surface area contributed by atoms with Gasteiger partial charge >= 0.3 is 0 Å².